The van der Waals surface area contributed by atoms with Crippen molar-refractivity contribution in [1.82, 2.24) is 5.32 Å². The van der Waals surface area contributed by atoms with E-state index in [1.165, 1.54) is 31.3 Å². The molecule has 0 aromatic carbocycles. The standard InChI is InChI=1S/C16H20N2O4S/c1-18(9-10-3-5-17-6-4-10)14-8-12-13(23-14)7-11(15(19)21-2)16(20)22-12/h7-8,10,17H,3-6,9H2,1-2H3. The molecule has 2 aromatic rings. The van der Waals surface area contributed by atoms with Crippen LogP contribution in [-0.2, 0) is 4.74 Å². The minimum Gasteiger partial charge on any atom is -0.465 e. The molecule has 23 heavy (non-hydrogen) atoms. The van der Waals surface area contributed by atoms with Gasteiger partial charge in [-0.25, -0.2) is 9.59 Å². The van der Waals surface area contributed by atoms with Crippen LogP contribution in [0.1, 0.15) is 23.2 Å². The molecular formula is C16H20N2O4S. The van der Waals surface area contributed by atoms with Gasteiger partial charge in [-0.1, -0.05) is 0 Å². The Hall–Kier alpha value is -1.86. The Balaban J connectivity index is 1.84. The van der Waals surface area contributed by atoms with Gasteiger partial charge in [-0.2, -0.15) is 0 Å². The van der Waals surface area contributed by atoms with Crippen LogP contribution < -0.4 is 15.8 Å². The zero-order chi connectivity index (χ0) is 16.4. The van der Waals surface area contributed by atoms with E-state index in [4.69, 9.17) is 4.42 Å². The Morgan fingerprint density at radius 1 is 1.43 bits per heavy atom. The molecular weight excluding hydrogens is 316 g/mol. The van der Waals surface area contributed by atoms with Crippen LogP contribution in [0.2, 0.25) is 0 Å². The monoisotopic (exact) mass is 336 g/mol. The zero-order valence-electron chi connectivity index (χ0n) is 13.3. The number of nitrogens with zero attached hydrogens (tertiary/aromatic N) is 1. The number of thiophene rings is 1. The number of nitrogens with one attached hydrogen (secondary N) is 1. The van der Waals surface area contributed by atoms with Gasteiger partial charge in [0, 0.05) is 19.7 Å². The van der Waals surface area contributed by atoms with Crippen molar-refractivity contribution in [3.05, 3.63) is 28.1 Å². The van der Waals surface area contributed by atoms with Crippen LogP contribution >= 0.6 is 11.3 Å². The van der Waals surface area contributed by atoms with Gasteiger partial charge in [0.2, 0.25) is 0 Å². The van der Waals surface area contributed by atoms with Crippen LogP contribution in [0.4, 0.5) is 5.00 Å². The van der Waals surface area contributed by atoms with Gasteiger partial charge in [-0.15, -0.1) is 11.3 Å². The molecule has 0 unspecified atom stereocenters. The first-order valence-electron chi connectivity index (χ1n) is 7.66. The van der Waals surface area contributed by atoms with E-state index in [2.05, 4.69) is 15.0 Å². The molecule has 0 saturated carbocycles. The maximum Gasteiger partial charge on any atom is 0.351 e. The second-order valence-corrected chi connectivity index (χ2v) is 6.89. The van der Waals surface area contributed by atoms with Crippen molar-refractivity contribution >= 4 is 32.6 Å². The Bertz CT molecular complexity index is 761. The fourth-order valence-electron chi connectivity index (χ4n) is 2.88. The summed E-state index contributed by atoms with van der Waals surface area (Å²) in [7, 11) is 3.30. The number of rotatable bonds is 4. The van der Waals surface area contributed by atoms with E-state index >= 15 is 0 Å². The highest BCUT2D eigenvalue weighted by molar-refractivity contribution is 7.22. The molecule has 0 aliphatic carbocycles. The average molecular weight is 336 g/mol. The molecule has 1 aliphatic heterocycles. The molecule has 0 radical (unpaired) electrons. The molecule has 6 nitrogen and oxygen atoms in total. The number of carbonyl (C=O) groups is 1. The smallest absolute Gasteiger partial charge is 0.351 e. The van der Waals surface area contributed by atoms with E-state index < -0.39 is 11.6 Å². The lowest BCUT2D eigenvalue weighted by molar-refractivity contribution is 0.0596. The number of anilines is 1. The molecule has 7 heteroatoms. The molecule has 0 amide bonds. The number of piperidine rings is 1. The maximum atomic E-state index is 11.8. The third kappa shape index (κ3) is 3.40. The summed E-state index contributed by atoms with van der Waals surface area (Å²) in [5.41, 5.74) is -0.205. The number of hydrogen-bond donors (Lipinski definition) is 1. The number of ether oxygens (including phenoxy) is 1. The molecule has 1 saturated heterocycles. The van der Waals surface area contributed by atoms with Gasteiger partial charge in [-0.05, 0) is 37.9 Å². The van der Waals surface area contributed by atoms with E-state index in [0.717, 1.165) is 29.3 Å². The lowest BCUT2D eigenvalue weighted by Gasteiger charge is -2.27. The highest BCUT2D eigenvalue weighted by atomic mass is 32.1. The van der Waals surface area contributed by atoms with E-state index in [-0.39, 0.29) is 5.56 Å². The third-order valence-corrected chi connectivity index (χ3v) is 5.36. The van der Waals surface area contributed by atoms with Gasteiger partial charge in [0.1, 0.15) is 5.56 Å². The number of fused-ring (bicyclic) bond motifs is 1. The fourth-order valence-corrected chi connectivity index (χ4v) is 3.88. The molecule has 3 rings (SSSR count). The summed E-state index contributed by atoms with van der Waals surface area (Å²) in [4.78, 5) is 25.6. The van der Waals surface area contributed by atoms with Gasteiger partial charge in [0.05, 0.1) is 16.8 Å². The van der Waals surface area contributed by atoms with Crippen LogP contribution in [0.5, 0.6) is 0 Å². The second-order valence-electron chi connectivity index (χ2n) is 5.83. The Labute approximate surface area is 138 Å². The number of carbonyl (C=O) groups excluding carboxylic acids is 1. The molecule has 3 heterocycles. The van der Waals surface area contributed by atoms with Crippen molar-refractivity contribution in [2.24, 2.45) is 5.92 Å². The molecule has 124 valence electrons. The van der Waals surface area contributed by atoms with Crippen LogP contribution in [0.15, 0.2) is 21.3 Å². The van der Waals surface area contributed by atoms with Crippen molar-refractivity contribution in [2.45, 2.75) is 12.8 Å². The highest BCUT2D eigenvalue weighted by Gasteiger charge is 2.19. The van der Waals surface area contributed by atoms with Crippen molar-refractivity contribution in [3.8, 4) is 0 Å². The predicted molar refractivity (Wildman–Crippen MR) is 90.6 cm³/mol. The molecule has 0 spiro atoms. The van der Waals surface area contributed by atoms with E-state index in [1.54, 1.807) is 6.07 Å². The van der Waals surface area contributed by atoms with Crippen molar-refractivity contribution < 1.29 is 13.9 Å². The maximum absolute atomic E-state index is 11.8. The molecule has 0 atom stereocenters. The summed E-state index contributed by atoms with van der Waals surface area (Å²) >= 11 is 1.51. The first kappa shape index (κ1) is 16.0. The van der Waals surface area contributed by atoms with Gasteiger partial charge >= 0.3 is 11.6 Å². The van der Waals surface area contributed by atoms with Crippen LogP contribution in [0, 0.1) is 5.92 Å². The van der Waals surface area contributed by atoms with Crippen LogP contribution in [0.3, 0.4) is 0 Å². The van der Waals surface area contributed by atoms with Gasteiger partial charge < -0.3 is 19.4 Å². The largest absolute Gasteiger partial charge is 0.465 e. The van der Waals surface area contributed by atoms with E-state index in [9.17, 15) is 9.59 Å². The quantitative estimate of drug-likeness (QED) is 0.862. The third-order valence-electron chi connectivity index (χ3n) is 4.18. The molecule has 0 bridgehead atoms. The lowest BCUT2D eigenvalue weighted by Crippen LogP contribution is -2.34. The van der Waals surface area contributed by atoms with Crippen molar-refractivity contribution in [3.63, 3.8) is 0 Å². The second kappa shape index (κ2) is 6.72. The summed E-state index contributed by atoms with van der Waals surface area (Å²) in [5, 5.41) is 4.40. The summed E-state index contributed by atoms with van der Waals surface area (Å²) in [6.45, 7) is 3.12. The Morgan fingerprint density at radius 2 is 2.17 bits per heavy atom. The van der Waals surface area contributed by atoms with Gasteiger partial charge in [0.15, 0.2) is 5.58 Å². The summed E-state index contributed by atoms with van der Waals surface area (Å²) < 4.78 is 10.6. The average Bonchev–Trinajstić information content (AvgIpc) is 2.97. The molecule has 1 fully saturated rings. The van der Waals surface area contributed by atoms with Crippen molar-refractivity contribution in [2.75, 3.05) is 38.7 Å². The first-order valence-corrected chi connectivity index (χ1v) is 8.48. The Kier molecular flexibility index (Phi) is 4.68. The lowest BCUT2D eigenvalue weighted by atomic mass is 9.98. The first-order chi connectivity index (χ1) is 11.1. The highest BCUT2D eigenvalue weighted by Crippen LogP contribution is 2.32. The molecule has 1 N–H and O–H groups in total. The molecule has 1 aliphatic rings. The summed E-state index contributed by atoms with van der Waals surface area (Å²) in [6.07, 6.45) is 2.35. The normalized spacial score (nSPS) is 15.7. The van der Waals surface area contributed by atoms with Crippen LogP contribution in [0.25, 0.3) is 10.3 Å². The minimum atomic E-state index is -0.668. The number of esters is 1. The topological polar surface area (TPSA) is 71.8 Å². The number of methoxy groups -OCH3 is 1. The summed E-state index contributed by atoms with van der Waals surface area (Å²) in [6, 6.07) is 3.42. The Morgan fingerprint density at radius 3 is 2.87 bits per heavy atom. The van der Waals surface area contributed by atoms with Crippen LogP contribution in [-0.4, -0.2) is 39.8 Å². The zero-order valence-corrected chi connectivity index (χ0v) is 14.1. The predicted octanol–water partition coefficient (Wildman–Crippen LogP) is 2.08. The van der Waals surface area contributed by atoms with Gasteiger partial charge in [0.25, 0.3) is 0 Å². The van der Waals surface area contributed by atoms with E-state index in [0.29, 0.717) is 11.5 Å². The van der Waals surface area contributed by atoms with Crippen molar-refractivity contribution in [1.29, 1.82) is 0 Å². The number of hydrogen-bond acceptors (Lipinski definition) is 7. The minimum absolute atomic E-state index is 0.0607. The van der Waals surface area contributed by atoms with Gasteiger partial charge in [-0.3, -0.25) is 0 Å². The summed E-state index contributed by atoms with van der Waals surface area (Å²) in [5.74, 6) is 0.00256. The van der Waals surface area contributed by atoms with E-state index in [1.807, 2.05) is 13.1 Å². The molecule has 2 aromatic heterocycles. The SMILES string of the molecule is COC(=O)c1cc2sc(N(C)CC3CCNCC3)cc2oc1=O. The fraction of sp³-hybridized carbons (Fsp3) is 0.500.